The van der Waals surface area contributed by atoms with Crippen molar-refractivity contribution in [2.75, 3.05) is 0 Å². The first-order valence-corrected chi connectivity index (χ1v) is 13.1. The van der Waals surface area contributed by atoms with Gasteiger partial charge in [0.25, 0.3) is 5.91 Å². The fourth-order valence-corrected chi connectivity index (χ4v) is 4.85. The van der Waals surface area contributed by atoms with E-state index in [0.717, 1.165) is 36.8 Å². The fraction of sp³-hybridized carbons (Fsp3) is 0.355. The molecule has 38 heavy (non-hydrogen) atoms. The number of rotatable bonds is 11. The second-order valence-corrected chi connectivity index (χ2v) is 9.66. The van der Waals surface area contributed by atoms with E-state index in [1.807, 2.05) is 68.5 Å². The van der Waals surface area contributed by atoms with Gasteiger partial charge in [-0.3, -0.25) is 14.7 Å². The second kappa shape index (κ2) is 13.6. The number of fused-ring (bicyclic) bond motifs is 1. The number of para-hydroxylation sites is 1. The van der Waals surface area contributed by atoms with Crippen molar-refractivity contribution >= 4 is 30.6 Å². The van der Waals surface area contributed by atoms with Crippen LogP contribution in [0, 0.1) is 11.8 Å². The van der Waals surface area contributed by atoms with Gasteiger partial charge in [0.1, 0.15) is 6.23 Å². The second-order valence-electron chi connectivity index (χ2n) is 9.66. The third kappa shape index (κ3) is 6.92. The van der Waals surface area contributed by atoms with Gasteiger partial charge in [-0.2, -0.15) is 0 Å². The van der Waals surface area contributed by atoms with E-state index in [1.165, 1.54) is 4.90 Å². The molecule has 1 saturated heterocycles. The molecule has 0 bridgehead atoms. The summed E-state index contributed by atoms with van der Waals surface area (Å²) in [7, 11) is 0. The van der Waals surface area contributed by atoms with Crippen LogP contribution in [-0.4, -0.2) is 47.1 Å². The molecule has 2 N–H and O–H groups in total. The zero-order valence-corrected chi connectivity index (χ0v) is 22.5. The van der Waals surface area contributed by atoms with Gasteiger partial charge in [-0.05, 0) is 75.4 Å². The average Bonchev–Trinajstić information content (AvgIpc) is 2.90. The normalized spacial score (nSPS) is 22.0. The molecule has 200 valence electrons. The van der Waals surface area contributed by atoms with Crippen molar-refractivity contribution in [2.24, 2.45) is 21.8 Å². The Bertz CT molecular complexity index is 1210. The first-order chi connectivity index (χ1) is 18.3. The summed E-state index contributed by atoms with van der Waals surface area (Å²) in [5.41, 5.74) is 3.63. The number of hydrogen-bond acceptors (Lipinski definition) is 4. The van der Waals surface area contributed by atoms with E-state index in [0.29, 0.717) is 22.9 Å². The Morgan fingerprint density at radius 2 is 2.00 bits per heavy atom. The van der Waals surface area contributed by atoms with Gasteiger partial charge in [0.05, 0.1) is 17.3 Å². The van der Waals surface area contributed by atoms with Crippen molar-refractivity contribution in [3.05, 3.63) is 89.7 Å². The van der Waals surface area contributed by atoms with Crippen LogP contribution in [0.15, 0.2) is 88.6 Å². The van der Waals surface area contributed by atoms with Crippen LogP contribution in [0.4, 0.5) is 10.5 Å². The Balaban J connectivity index is 1.65. The van der Waals surface area contributed by atoms with Gasteiger partial charge in [-0.15, -0.1) is 0 Å². The highest BCUT2D eigenvalue weighted by molar-refractivity contribution is 6.02. The lowest BCUT2D eigenvalue weighted by molar-refractivity contribution is -0.00351. The maximum absolute atomic E-state index is 12.7. The highest BCUT2D eigenvalue weighted by Crippen LogP contribution is 2.30. The van der Waals surface area contributed by atoms with Crippen molar-refractivity contribution in [1.82, 2.24) is 10.2 Å². The maximum atomic E-state index is 12.7. The van der Waals surface area contributed by atoms with Gasteiger partial charge < -0.3 is 10.4 Å². The highest BCUT2D eigenvalue weighted by atomic mass is 16.3. The van der Waals surface area contributed by atoms with Crippen molar-refractivity contribution < 1.29 is 14.7 Å². The molecule has 0 spiro atoms. The van der Waals surface area contributed by atoms with Gasteiger partial charge in [-0.25, -0.2) is 9.79 Å². The molecule has 4 unspecified atom stereocenters. The number of hydrogen-bond donors (Lipinski definition) is 2. The highest BCUT2D eigenvalue weighted by Gasteiger charge is 2.40. The molecule has 2 aliphatic rings. The lowest BCUT2D eigenvalue weighted by atomic mass is 9.90. The number of aryl methyl sites for hydroxylation is 1. The molecule has 1 heterocycles. The van der Waals surface area contributed by atoms with Crippen molar-refractivity contribution in [2.45, 2.75) is 58.7 Å². The van der Waals surface area contributed by atoms with E-state index in [1.54, 1.807) is 12.3 Å². The molecular weight excluding hydrogens is 476 g/mol. The molecule has 4 atom stereocenters. The third-order valence-electron chi connectivity index (χ3n) is 6.92. The van der Waals surface area contributed by atoms with E-state index in [-0.39, 0.29) is 23.9 Å². The summed E-state index contributed by atoms with van der Waals surface area (Å²) in [5, 5.41) is 13.8. The molecule has 1 aliphatic carbocycles. The standard InChI is InChI=1S/C31H38N4O3/c1-6-11-23(20-22(4)35-30(37)25-13-8-9-15-27(25)34-31(35)38)18-16-21(3)17-19-24-12-10-14-26(29(36)32-5)28(24)33-7-2/h6-15,20-21,25,27,30,37H,4-5,16-19H2,1-3H3,(H,34,38). The van der Waals surface area contributed by atoms with Crippen LogP contribution in [0.1, 0.15) is 56.0 Å². The summed E-state index contributed by atoms with van der Waals surface area (Å²) in [4.78, 5) is 34.2. The first-order valence-electron chi connectivity index (χ1n) is 13.1. The third-order valence-corrected chi connectivity index (χ3v) is 6.92. The Labute approximate surface area is 225 Å². The Morgan fingerprint density at radius 1 is 1.24 bits per heavy atom. The molecule has 7 nitrogen and oxygen atoms in total. The SMILES string of the molecule is C=NC(=O)c1cccc(CCC(C)CCC(C=CC)=CC(=C)N2C(=O)NC3C=CC=CC3C2O)c1N=CC. The topological polar surface area (TPSA) is 94.4 Å². The number of nitrogens with one attached hydrogen (secondary N) is 1. The van der Waals surface area contributed by atoms with Gasteiger partial charge in [-0.1, -0.05) is 62.1 Å². The number of urea groups is 1. The minimum atomic E-state index is -0.983. The summed E-state index contributed by atoms with van der Waals surface area (Å²) in [6.07, 6.45) is 17.5. The van der Waals surface area contributed by atoms with Crippen LogP contribution in [0.2, 0.25) is 0 Å². The number of amides is 3. The summed E-state index contributed by atoms with van der Waals surface area (Å²) in [6.45, 7) is 13.4. The Kier molecular flexibility index (Phi) is 10.3. The van der Waals surface area contributed by atoms with E-state index < -0.39 is 6.23 Å². The number of allylic oxidation sites excluding steroid dienone is 6. The molecule has 1 aliphatic heterocycles. The lowest BCUT2D eigenvalue weighted by Crippen LogP contribution is -2.60. The summed E-state index contributed by atoms with van der Waals surface area (Å²) in [5.74, 6) is -0.206. The molecule has 1 aromatic carbocycles. The molecule has 3 rings (SSSR count). The van der Waals surface area contributed by atoms with E-state index in [4.69, 9.17) is 0 Å². The quantitative estimate of drug-likeness (QED) is 0.277. The molecule has 1 aromatic rings. The zero-order valence-electron chi connectivity index (χ0n) is 22.5. The van der Waals surface area contributed by atoms with E-state index in [2.05, 4.69) is 35.5 Å². The molecular formula is C31H38N4O3. The minimum absolute atomic E-state index is 0.221. The molecule has 0 radical (unpaired) electrons. The first kappa shape index (κ1) is 28.7. The molecule has 7 heteroatoms. The molecule has 1 fully saturated rings. The number of aliphatic imine (C=N–C) groups is 2. The van der Waals surface area contributed by atoms with Crippen molar-refractivity contribution in [3.63, 3.8) is 0 Å². The van der Waals surface area contributed by atoms with Crippen LogP contribution in [-0.2, 0) is 6.42 Å². The fourth-order valence-electron chi connectivity index (χ4n) is 4.85. The van der Waals surface area contributed by atoms with Crippen LogP contribution < -0.4 is 5.32 Å². The van der Waals surface area contributed by atoms with Crippen LogP contribution in [0.3, 0.4) is 0 Å². The summed E-state index contributed by atoms with van der Waals surface area (Å²) in [6, 6.07) is 5.01. The van der Waals surface area contributed by atoms with Crippen LogP contribution in [0.25, 0.3) is 0 Å². The Morgan fingerprint density at radius 3 is 2.71 bits per heavy atom. The van der Waals surface area contributed by atoms with Crippen molar-refractivity contribution in [3.8, 4) is 0 Å². The average molecular weight is 515 g/mol. The smallest absolute Gasteiger partial charge is 0.324 e. The van der Waals surface area contributed by atoms with Gasteiger partial charge in [0, 0.05) is 17.8 Å². The van der Waals surface area contributed by atoms with Gasteiger partial charge >= 0.3 is 6.03 Å². The van der Waals surface area contributed by atoms with Gasteiger partial charge in [0.2, 0.25) is 0 Å². The number of carbonyl (C=O) groups is 2. The predicted molar refractivity (Wildman–Crippen MR) is 155 cm³/mol. The van der Waals surface area contributed by atoms with Gasteiger partial charge in [0.15, 0.2) is 0 Å². The zero-order chi connectivity index (χ0) is 27.7. The summed E-state index contributed by atoms with van der Waals surface area (Å²) >= 11 is 0. The predicted octanol–water partition coefficient (Wildman–Crippen LogP) is 6.07. The van der Waals surface area contributed by atoms with E-state index >= 15 is 0 Å². The largest absolute Gasteiger partial charge is 0.372 e. The number of benzene rings is 1. The number of aliphatic hydroxyl groups excluding tert-OH is 1. The molecule has 0 aromatic heterocycles. The monoisotopic (exact) mass is 514 g/mol. The number of aliphatic hydroxyl groups is 1. The Hall–Kier alpha value is -3.84. The lowest BCUT2D eigenvalue weighted by Gasteiger charge is -2.42. The summed E-state index contributed by atoms with van der Waals surface area (Å²) < 4.78 is 0. The minimum Gasteiger partial charge on any atom is -0.372 e. The maximum Gasteiger partial charge on any atom is 0.324 e. The molecule has 3 amide bonds. The van der Waals surface area contributed by atoms with Crippen LogP contribution in [0.5, 0.6) is 0 Å². The number of carbonyl (C=O) groups excluding carboxylic acids is 2. The van der Waals surface area contributed by atoms with Crippen molar-refractivity contribution in [1.29, 1.82) is 0 Å². The molecule has 0 saturated carbocycles. The van der Waals surface area contributed by atoms with Crippen LogP contribution >= 0.6 is 0 Å². The van der Waals surface area contributed by atoms with E-state index in [9.17, 15) is 14.7 Å². The number of nitrogens with zero attached hydrogens (tertiary/aromatic N) is 3.